The molecular formula is C32H47F2N3O7. The topological polar surface area (TPSA) is 107 Å². The van der Waals surface area contributed by atoms with Gasteiger partial charge in [0.15, 0.2) is 0 Å². The van der Waals surface area contributed by atoms with E-state index in [-0.39, 0.29) is 36.9 Å². The molecule has 3 aliphatic rings. The molecule has 12 heteroatoms. The van der Waals surface area contributed by atoms with Gasteiger partial charge in [0.1, 0.15) is 17.4 Å². The van der Waals surface area contributed by atoms with Crippen LogP contribution in [0.2, 0.25) is 0 Å². The zero-order valence-electron chi connectivity index (χ0n) is 26.5. The Hall–Kier alpha value is -3.15. The zero-order chi connectivity index (χ0) is 32.1. The average molecular weight is 624 g/mol. The second-order valence-electron chi connectivity index (χ2n) is 13.4. The van der Waals surface area contributed by atoms with Crippen molar-refractivity contribution in [1.29, 1.82) is 0 Å². The third-order valence-electron chi connectivity index (χ3n) is 7.85. The first kappa shape index (κ1) is 33.7. The Morgan fingerprint density at radius 2 is 1.48 bits per heavy atom. The molecule has 44 heavy (non-hydrogen) atoms. The van der Waals surface area contributed by atoms with Crippen LogP contribution in [-0.2, 0) is 25.4 Å². The van der Waals surface area contributed by atoms with Gasteiger partial charge in [-0.25, -0.2) is 18.4 Å². The zero-order valence-corrected chi connectivity index (χ0v) is 26.5. The summed E-state index contributed by atoms with van der Waals surface area (Å²) in [5, 5.41) is 2.56. The highest BCUT2D eigenvalue weighted by Crippen LogP contribution is 2.30. The molecule has 0 radical (unpaired) electrons. The van der Waals surface area contributed by atoms with Crippen molar-refractivity contribution in [1.82, 2.24) is 15.1 Å². The minimum Gasteiger partial charge on any atom is -0.490 e. The van der Waals surface area contributed by atoms with Gasteiger partial charge in [-0.2, -0.15) is 0 Å². The van der Waals surface area contributed by atoms with E-state index in [9.17, 15) is 23.2 Å². The van der Waals surface area contributed by atoms with E-state index in [1.165, 1.54) is 0 Å². The van der Waals surface area contributed by atoms with Crippen LogP contribution in [-0.4, -0.2) is 96.1 Å². The summed E-state index contributed by atoms with van der Waals surface area (Å²) in [7, 11) is 0. The number of benzene rings is 1. The third kappa shape index (κ3) is 10.2. The molecule has 0 bridgehead atoms. The van der Waals surface area contributed by atoms with E-state index in [0.717, 1.165) is 49.0 Å². The number of ether oxygens (including phenoxy) is 4. The van der Waals surface area contributed by atoms with Crippen molar-refractivity contribution in [3.63, 3.8) is 0 Å². The highest BCUT2D eigenvalue weighted by molar-refractivity contribution is 5.86. The van der Waals surface area contributed by atoms with Crippen molar-refractivity contribution in [2.45, 2.75) is 122 Å². The molecule has 3 amide bonds. The number of halogens is 2. The summed E-state index contributed by atoms with van der Waals surface area (Å²) in [6.45, 7) is 8.78. The molecule has 2 aliphatic heterocycles. The van der Waals surface area contributed by atoms with Crippen LogP contribution in [0, 0.1) is 0 Å². The number of nitrogens with zero attached hydrogens (tertiary/aromatic N) is 2. The Morgan fingerprint density at radius 1 is 0.909 bits per heavy atom. The van der Waals surface area contributed by atoms with Crippen molar-refractivity contribution in [2.24, 2.45) is 0 Å². The summed E-state index contributed by atoms with van der Waals surface area (Å²) in [6, 6.07) is 6.24. The number of piperidine rings is 1. The van der Waals surface area contributed by atoms with E-state index >= 15 is 0 Å². The van der Waals surface area contributed by atoms with Gasteiger partial charge in [-0.3, -0.25) is 4.79 Å². The number of amides is 3. The van der Waals surface area contributed by atoms with Crippen LogP contribution in [0.15, 0.2) is 24.3 Å². The molecule has 0 aromatic heterocycles. The minimum atomic E-state index is -2.90. The normalized spacial score (nSPS) is 23.0. The monoisotopic (exact) mass is 623 g/mol. The molecule has 1 aromatic rings. The van der Waals surface area contributed by atoms with Gasteiger partial charge in [-0.15, -0.1) is 0 Å². The van der Waals surface area contributed by atoms with Crippen LogP contribution in [0.5, 0.6) is 5.75 Å². The maximum absolute atomic E-state index is 13.4. The molecule has 3 fully saturated rings. The lowest BCUT2D eigenvalue weighted by molar-refractivity contribution is -0.167. The number of carbonyl (C=O) groups is 3. The van der Waals surface area contributed by atoms with Crippen molar-refractivity contribution in [3.8, 4) is 5.75 Å². The number of hydrogen-bond donors (Lipinski definition) is 1. The molecule has 4 rings (SSSR count). The summed E-state index contributed by atoms with van der Waals surface area (Å²) in [6.07, 6.45) is 4.48. The molecule has 246 valence electrons. The van der Waals surface area contributed by atoms with E-state index in [2.05, 4.69) is 5.32 Å². The van der Waals surface area contributed by atoms with Crippen molar-refractivity contribution >= 4 is 18.1 Å². The number of rotatable bonds is 9. The highest BCUT2D eigenvalue weighted by atomic mass is 19.3. The fourth-order valence-corrected chi connectivity index (χ4v) is 5.68. The van der Waals surface area contributed by atoms with Crippen molar-refractivity contribution in [2.75, 3.05) is 26.2 Å². The van der Waals surface area contributed by atoms with E-state index in [0.29, 0.717) is 18.8 Å². The first-order valence-electron chi connectivity index (χ1n) is 15.7. The first-order chi connectivity index (χ1) is 20.7. The third-order valence-corrected chi connectivity index (χ3v) is 7.85. The summed E-state index contributed by atoms with van der Waals surface area (Å²) < 4.78 is 50.0. The first-order valence-corrected chi connectivity index (χ1v) is 15.7. The van der Waals surface area contributed by atoms with Crippen LogP contribution in [0.4, 0.5) is 18.4 Å². The quantitative estimate of drug-likeness (QED) is 0.397. The maximum atomic E-state index is 13.4. The van der Waals surface area contributed by atoms with Crippen LogP contribution < -0.4 is 10.1 Å². The van der Waals surface area contributed by atoms with E-state index in [4.69, 9.17) is 18.9 Å². The smallest absolute Gasteiger partial charge is 0.410 e. The number of alkyl carbamates (subject to hydrolysis) is 1. The Balaban J connectivity index is 1.22. The molecule has 2 saturated heterocycles. The van der Waals surface area contributed by atoms with Crippen LogP contribution in [0.25, 0.3) is 0 Å². The van der Waals surface area contributed by atoms with Crippen molar-refractivity contribution < 1.29 is 42.1 Å². The van der Waals surface area contributed by atoms with Crippen LogP contribution in [0.3, 0.4) is 0 Å². The molecule has 1 atom stereocenters. The highest BCUT2D eigenvalue weighted by Gasteiger charge is 2.48. The minimum absolute atomic E-state index is 0.0598. The number of carbonyl (C=O) groups excluding carboxylic acids is 3. The molecule has 1 unspecified atom stereocenters. The summed E-state index contributed by atoms with van der Waals surface area (Å²) in [4.78, 5) is 40.3. The Morgan fingerprint density at radius 3 is 2.02 bits per heavy atom. The predicted octanol–water partition coefficient (Wildman–Crippen LogP) is 5.32. The van der Waals surface area contributed by atoms with Gasteiger partial charge in [0.2, 0.25) is 5.91 Å². The fourth-order valence-electron chi connectivity index (χ4n) is 5.68. The summed E-state index contributed by atoms with van der Waals surface area (Å²) in [5.41, 5.74) is -0.0202. The summed E-state index contributed by atoms with van der Waals surface area (Å²) in [5.74, 6) is -2.78. The number of alkyl halides is 2. The molecule has 1 saturated carbocycles. The Labute approximate surface area is 258 Å². The molecule has 10 nitrogen and oxygen atoms in total. The van der Waals surface area contributed by atoms with E-state index < -0.39 is 42.7 Å². The molecular weight excluding hydrogens is 576 g/mol. The number of hydrogen-bond acceptors (Lipinski definition) is 7. The van der Waals surface area contributed by atoms with Crippen molar-refractivity contribution in [3.05, 3.63) is 29.8 Å². The van der Waals surface area contributed by atoms with Crippen LogP contribution >= 0.6 is 0 Å². The lowest BCUT2D eigenvalue weighted by Crippen LogP contribution is -2.63. The lowest BCUT2D eigenvalue weighted by Gasteiger charge is -2.40. The number of likely N-dealkylation sites (tertiary alicyclic amines) is 2. The second kappa shape index (κ2) is 14.3. The molecule has 2 heterocycles. The standard InChI is InChI=1S/C32H47F2N3O7/c1-21(2)41-30(40)36-16-14-26(15-17-36)43-25-12-10-24(11-13-25)42-23-8-6-22(7-9-23)18-27(35-29(39)44-31(3,4)5)28(38)37-19-32(33,34)20-37/h6-9,21,24-27H,10-20H2,1-5H3,(H,35,39). The number of nitrogens with one attached hydrogen (secondary N) is 1. The van der Waals surface area contributed by atoms with Gasteiger partial charge in [0.05, 0.1) is 37.5 Å². The average Bonchev–Trinajstić information content (AvgIpc) is 2.92. The fraction of sp³-hybridized carbons (Fsp3) is 0.719. The Bertz CT molecular complexity index is 1120. The predicted molar refractivity (Wildman–Crippen MR) is 159 cm³/mol. The lowest BCUT2D eigenvalue weighted by atomic mass is 9.94. The van der Waals surface area contributed by atoms with Gasteiger partial charge >= 0.3 is 12.2 Å². The Kier molecular flexibility index (Phi) is 11.0. The molecule has 1 aliphatic carbocycles. The van der Waals surface area contributed by atoms with E-state index in [1.54, 1.807) is 25.7 Å². The van der Waals surface area contributed by atoms with Gasteiger partial charge in [-0.1, -0.05) is 12.1 Å². The largest absolute Gasteiger partial charge is 0.490 e. The van der Waals surface area contributed by atoms with E-state index in [1.807, 2.05) is 38.1 Å². The van der Waals surface area contributed by atoms with Gasteiger partial charge in [-0.05, 0) is 90.8 Å². The van der Waals surface area contributed by atoms with Crippen LogP contribution in [0.1, 0.15) is 78.7 Å². The van der Waals surface area contributed by atoms with Gasteiger partial charge < -0.3 is 34.1 Å². The second-order valence-corrected chi connectivity index (χ2v) is 13.4. The van der Waals surface area contributed by atoms with Gasteiger partial charge in [0.25, 0.3) is 5.92 Å². The molecule has 1 N–H and O–H groups in total. The van der Waals surface area contributed by atoms with Gasteiger partial charge in [0, 0.05) is 19.5 Å². The molecule has 1 aromatic carbocycles. The summed E-state index contributed by atoms with van der Waals surface area (Å²) >= 11 is 0. The molecule has 0 spiro atoms. The SMILES string of the molecule is CC(C)OC(=O)N1CCC(OC2CCC(Oc3ccc(CC(NC(=O)OC(C)(C)C)C(=O)N4CC(F)(F)C4)cc3)CC2)CC1. The maximum Gasteiger partial charge on any atom is 0.410 e.